The van der Waals surface area contributed by atoms with Crippen molar-refractivity contribution in [2.45, 2.75) is 30.2 Å². The second kappa shape index (κ2) is 7.63. The molecule has 12 heteroatoms. The fourth-order valence-corrected chi connectivity index (χ4v) is 1.83. The van der Waals surface area contributed by atoms with E-state index < -0.39 is 51.2 Å². The van der Waals surface area contributed by atoms with Crippen LogP contribution in [0.4, 0.5) is 0 Å². The standard InChI is InChI=1S/C7H15O10P.Ba/c8-2-7(12)6(11)5(10)4(9)3(17-7)1-16-18(13,14)15;/h3-6,8-12H,1-2H2,(H2,13,14,15);/q;+2/p-2. The molecule has 1 fully saturated rings. The van der Waals surface area contributed by atoms with Gasteiger partial charge in [0.05, 0.1) is 21.0 Å². The summed E-state index contributed by atoms with van der Waals surface area (Å²) in [5.74, 6) is -2.59. The van der Waals surface area contributed by atoms with Gasteiger partial charge in [-0.1, -0.05) is 0 Å². The Labute approximate surface area is 148 Å². The largest absolute Gasteiger partial charge is 2.00 e. The number of hydrogen-bond acceptors (Lipinski definition) is 10. The number of phosphoric acid groups is 1. The zero-order chi connectivity index (χ0) is 14.1. The van der Waals surface area contributed by atoms with Crippen LogP contribution < -0.4 is 9.79 Å². The molecule has 0 bridgehead atoms. The van der Waals surface area contributed by atoms with Crippen LogP contribution >= 0.6 is 7.82 Å². The first-order valence-electron chi connectivity index (χ1n) is 4.82. The molecule has 10 nitrogen and oxygen atoms in total. The summed E-state index contributed by atoms with van der Waals surface area (Å²) >= 11 is 0. The van der Waals surface area contributed by atoms with Gasteiger partial charge in [-0.2, -0.15) is 0 Å². The molecule has 0 radical (unpaired) electrons. The van der Waals surface area contributed by atoms with Crippen molar-refractivity contribution in [1.29, 1.82) is 0 Å². The van der Waals surface area contributed by atoms with E-state index >= 15 is 0 Å². The van der Waals surface area contributed by atoms with E-state index in [-0.39, 0.29) is 48.9 Å². The van der Waals surface area contributed by atoms with Crippen LogP contribution in [-0.2, 0) is 13.8 Å². The molecule has 19 heavy (non-hydrogen) atoms. The van der Waals surface area contributed by atoms with Gasteiger partial charge in [-0.05, 0) is 0 Å². The van der Waals surface area contributed by atoms with Crippen molar-refractivity contribution in [3.05, 3.63) is 0 Å². The van der Waals surface area contributed by atoms with Crippen LogP contribution in [0.15, 0.2) is 0 Å². The van der Waals surface area contributed by atoms with E-state index in [4.69, 9.17) is 5.11 Å². The Hall–Kier alpha value is 1.44. The second-order valence-electron chi connectivity index (χ2n) is 3.83. The minimum Gasteiger partial charge on any atom is -0.790 e. The van der Waals surface area contributed by atoms with Gasteiger partial charge in [-0.25, -0.2) is 0 Å². The first-order chi connectivity index (χ1) is 8.10. The molecule has 0 aromatic carbocycles. The average Bonchev–Trinajstić information content (AvgIpc) is 2.28. The molecule has 0 aromatic rings. The van der Waals surface area contributed by atoms with Gasteiger partial charge in [-0.3, -0.25) is 0 Å². The van der Waals surface area contributed by atoms with Gasteiger partial charge in [0.2, 0.25) is 5.79 Å². The van der Waals surface area contributed by atoms with Crippen LogP contribution in [0.3, 0.4) is 0 Å². The SMILES string of the molecule is O=P([O-])([O-])OCC1OC(O)(CO)C(O)C(O)C1O.[Ba+2]. The van der Waals surface area contributed by atoms with Crippen LogP contribution in [0.2, 0.25) is 0 Å². The fraction of sp³-hybridized carbons (Fsp3) is 1.00. The molecule has 1 aliphatic rings. The molecule has 5 N–H and O–H groups in total. The predicted molar refractivity (Wildman–Crippen MR) is 54.2 cm³/mol. The molecule has 5 atom stereocenters. The van der Waals surface area contributed by atoms with Gasteiger partial charge >= 0.3 is 48.9 Å². The predicted octanol–water partition coefficient (Wildman–Crippen LogP) is -5.39. The maximum atomic E-state index is 10.2. The number of rotatable bonds is 4. The van der Waals surface area contributed by atoms with Crippen molar-refractivity contribution >= 4 is 56.7 Å². The van der Waals surface area contributed by atoms with Crippen LogP contribution in [0.1, 0.15) is 0 Å². The Morgan fingerprint density at radius 3 is 2.21 bits per heavy atom. The molecule has 0 spiro atoms. The van der Waals surface area contributed by atoms with Crippen LogP contribution in [0.25, 0.3) is 0 Å². The molecule has 108 valence electrons. The minimum absolute atomic E-state index is 0. The Morgan fingerprint density at radius 2 is 1.79 bits per heavy atom. The first-order valence-corrected chi connectivity index (χ1v) is 6.28. The number of aliphatic hydroxyl groups excluding tert-OH is 4. The van der Waals surface area contributed by atoms with Crippen molar-refractivity contribution in [3.63, 3.8) is 0 Å². The van der Waals surface area contributed by atoms with E-state index in [9.17, 15) is 34.8 Å². The van der Waals surface area contributed by atoms with Crippen LogP contribution in [0, 0.1) is 0 Å². The van der Waals surface area contributed by atoms with Crippen molar-refractivity contribution in [1.82, 2.24) is 0 Å². The number of ether oxygens (including phenoxy) is 1. The molecule has 0 amide bonds. The smallest absolute Gasteiger partial charge is 0.790 e. The van der Waals surface area contributed by atoms with E-state index in [1.165, 1.54) is 0 Å². The van der Waals surface area contributed by atoms with Gasteiger partial charge in [0.1, 0.15) is 24.4 Å². The van der Waals surface area contributed by atoms with Crippen molar-refractivity contribution in [3.8, 4) is 0 Å². The molecule has 1 aliphatic heterocycles. The summed E-state index contributed by atoms with van der Waals surface area (Å²) in [6.45, 7) is -2.10. The quantitative estimate of drug-likeness (QED) is 0.215. The first kappa shape index (κ1) is 20.4. The maximum absolute atomic E-state index is 10.2. The molecule has 0 aromatic heterocycles. The maximum Gasteiger partial charge on any atom is 2.00 e. The molecular weight excluding hydrogens is 412 g/mol. The third-order valence-electron chi connectivity index (χ3n) is 2.50. The molecule has 1 heterocycles. The number of aliphatic hydroxyl groups is 5. The Kier molecular flexibility index (Phi) is 8.21. The van der Waals surface area contributed by atoms with Crippen molar-refractivity contribution in [2.75, 3.05) is 13.2 Å². The number of hydrogen-bond donors (Lipinski definition) is 5. The van der Waals surface area contributed by atoms with E-state index in [0.717, 1.165) is 0 Å². The summed E-state index contributed by atoms with van der Waals surface area (Å²) in [6.07, 6.45) is -7.35. The monoisotopic (exact) mass is 426 g/mol. The Bertz CT molecular complexity index is 336. The van der Waals surface area contributed by atoms with Crippen molar-refractivity contribution in [2.24, 2.45) is 0 Å². The minimum atomic E-state index is -5.32. The molecule has 1 saturated heterocycles. The van der Waals surface area contributed by atoms with Gasteiger partial charge in [-0.15, -0.1) is 0 Å². The number of phosphoric ester groups is 1. The van der Waals surface area contributed by atoms with Gasteiger partial charge in [0, 0.05) is 0 Å². The fourth-order valence-electron chi connectivity index (χ4n) is 1.50. The molecule has 0 saturated carbocycles. The third kappa shape index (κ3) is 5.29. The van der Waals surface area contributed by atoms with Crippen LogP contribution in [0.5, 0.6) is 0 Å². The van der Waals surface area contributed by atoms with Gasteiger partial charge < -0.3 is 49.1 Å². The second-order valence-corrected chi connectivity index (χ2v) is 4.98. The zero-order valence-electron chi connectivity index (χ0n) is 9.66. The molecule has 5 unspecified atom stereocenters. The third-order valence-corrected chi connectivity index (χ3v) is 2.96. The normalized spacial score (nSPS) is 39.7. The van der Waals surface area contributed by atoms with E-state index in [1.54, 1.807) is 0 Å². The van der Waals surface area contributed by atoms with Crippen molar-refractivity contribution < 1.29 is 49.1 Å². The average molecular weight is 425 g/mol. The topological polar surface area (TPSA) is 183 Å². The van der Waals surface area contributed by atoms with Gasteiger partial charge in [0.15, 0.2) is 0 Å². The van der Waals surface area contributed by atoms with Crippen LogP contribution in [-0.4, -0.2) is 118 Å². The zero-order valence-corrected chi connectivity index (χ0v) is 15.0. The van der Waals surface area contributed by atoms with E-state index in [1.807, 2.05) is 0 Å². The Morgan fingerprint density at radius 1 is 1.26 bits per heavy atom. The summed E-state index contributed by atoms with van der Waals surface area (Å²) in [7, 11) is -5.32. The summed E-state index contributed by atoms with van der Waals surface area (Å²) < 4.78 is 18.7. The molecule has 0 aliphatic carbocycles. The summed E-state index contributed by atoms with van der Waals surface area (Å²) in [6, 6.07) is 0. The molecule has 1 rings (SSSR count). The summed E-state index contributed by atoms with van der Waals surface area (Å²) in [5, 5.41) is 46.5. The summed E-state index contributed by atoms with van der Waals surface area (Å²) in [5.41, 5.74) is 0. The summed E-state index contributed by atoms with van der Waals surface area (Å²) in [4.78, 5) is 20.5. The molecular formula is C7H13BaO10P. The van der Waals surface area contributed by atoms with E-state index in [0.29, 0.717) is 0 Å². The van der Waals surface area contributed by atoms with E-state index in [2.05, 4.69) is 9.26 Å². The van der Waals surface area contributed by atoms with Gasteiger partial charge in [0.25, 0.3) is 0 Å². The Balaban J connectivity index is 0.00000324.